The van der Waals surface area contributed by atoms with E-state index in [4.69, 9.17) is 10.5 Å². The van der Waals surface area contributed by atoms with E-state index in [1.165, 1.54) is 5.56 Å². The highest BCUT2D eigenvalue weighted by Crippen LogP contribution is 2.30. The molecule has 4 nitrogen and oxygen atoms in total. The third kappa shape index (κ3) is 3.76. The summed E-state index contributed by atoms with van der Waals surface area (Å²) in [5, 5.41) is 0. The molecule has 1 aromatic carbocycles. The Balaban J connectivity index is 2.17. The van der Waals surface area contributed by atoms with Crippen LogP contribution in [0.15, 0.2) is 24.3 Å². The molecule has 0 amide bonds. The summed E-state index contributed by atoms with van der Waals surface area (Å²) in [6.45, 7) is 12.3. The maximum absolute atomic E-state index is 6.10. The molecule has 0 spiro atoms. The molecule has 2 unspecified atom stereocenters. The topological polar surface area (TPSA) is 41.7 Å². The molecule has 1 saturated heterocycles. The molecule has 21 heavy (non-hydrogen) atoms. The number of piperazine rings is 1. The van der Waals surface area contributed by atoms with Crippen molar-refractivity contribution in [3.8, 4) is 5.75 Å². The lowest BCUT2D eigenvalue weighted by Crippen LogP contribution is -2.53. The van der Waals surface area contributed by atoms with Gasteiger partial charge in [-0.1, -0.05) is 25.1 Å². The molecule has 0 aliphatic carbocycles. The molecule has 4 heteroatoms. The predicted molar refractivity (Wildman–Crippen MR) is 87.7 cm³/mol. The lowest BCUT2D eigenvalue weighted by Gasteiger charge is -2.43. The number of rotatable bonds is 6. The second-order valence-electron chi connectivity index (χ2n) is 5.69. The molecule has 0 aromatic heterocycles. The molecule has 1 aliphatic rings. The quantitative estimate of drug-likeness (QED) is 0.871. The first-order chi connectivity index (χ1) is 10.2. The number of para-hydroxylation sites is 1. The number of benzene rings is 1. The Hall–Kier alpha value is -1.10. The molecular weight excluding hydrogens is 262 g/mol. The van der Waals surface area contributed by atoms with Gasteiger partial charge in [0, 0.05) is 37.8 Å². The van der Waals surface area contributed by atoms with Gasteiger partial charge < -0.3 is 10.5 Å². The summed E-state index contributed by atoms with van der Waals surface area (Å²) in [5.74, 6) is 0.973. The van der Waals surface area contributed by atoms with Crippen molar-refractivity contribution in [3.63, 3.8) is 0 Å². The molecule has 0 saturated carbocycles. The largest absolute Gasteiger partial charge is 0.494 e. The molecule has 2 N–H and O–H groups in total. The number of nitrogens with zero attached hydrogens (tertiary/aromatic N) is 2. The minimum atomic E-state index is 0.245. The van der Waals surface area contributed by atoms with Crippen molar-refractivity contribution in [2.24, 2.45) is 5.73 Å². The highest BCUT2D eigenvalue weighted by Gasteiger charge is 2.29. The van der Waals surface area contributed by atoms with Crippen molar-refractivity contribution >= 4 is 0 Å². The van der Waals surface area contributed by atoms with Crippen LogP contribution in [0, 0.1) is 0 Å². The summed E-state index contributed by atoms with van der Waals surface area (Å²) in [6, 6.07) is 9.13. The Morgan fingerprint density at radius 2 is 2.05 bits per heavy atom. The summed E-state index contributed by atoms with van der Waals surface area (Å²) in [5.41, 5.74) is 7.32. The van der Waals surface area contributed by atoms with E-state index in [1.807, 2.05) is 19.1 Å². The lowest BCUT2D eigenvalue weighted by molar-refractivity contribution is 0.0597. The molecule has 0 radical (unpaired) electrons. The van der Waals surface area contributed by atoms with E-state index in [0.29, 0.717) is 19.2 Å². The highest BCUT2D eigenvalue weighted by atomic mass is 16.5. The fraction of sp³-hybridized carbons (Fsp3) is 0.647. The van der Waals surface area contributed by atoms with Crippen molar-refractivity contribution in [1.29, 1.82) is 0 Å². The van der Waals surface area contributed by atoms with E-state index >= 15 is 0 Å². The Labute approximate surface area is 128 Å². The van der Waals surface area contributed by atoms with Crippen molar-refractivity contribution in [2.75, 3.05) is 39.3 Å². The molecule has 1 heterocycles. The SMILES string of the molecule is CCOc1ccccc1C(CN)N1CCN(CC)C(C)C1. The van der Waals surface area contributed by atoms with Gasteiger partial charge in [0.2, 0.25) is 0 Å². The minimum Gasteiger partial charge on any atom is -0.494 e. The fourth-order valence-electron chi connectivity index (χ4n) is 3.29. The smallest absolute Gasteiger partial charge is 0.124 e. The summed E-state index contributed by atoms with van der Waals surface area (Å²) >= 11 is 0. The fourth-order valence-corrected chi connectivity index (χ4v) is 3.29. The van der Waals surface area contributed by atoms with Gasteiger partial charge in [0.25, 0.3) is 0 Å². The van der Waals surface area contributed by atoms with Crippen LogP contribution in [0.1, 0.15) is 32.4 Å². The third-order valence-corrected chi connectivity index (χ3v) is 4.44. The molecular formula is C17H29N3O. The number of ether oxygens (including phenoxy) is 1. The van der Waals surface area contributed by atoms with Crippen LogP contribution in [0.4, 0.5) is 0 Å². The first-order valence-electron chi connectivity index (χ1n) is 8.11. The predicted octanol–water partition coefficient (Wildman–Crippen LogP) is 2.11. The number of nitrogens with two attached hydrogens (primary N) is 1. The number of hydrogen-bond donors (Lipinski definition) is 1. The number of likely N-dealkylation sites (N-methyl/N-ethyl adjacent to an activating group) is 1. The molecule has 1 fully saturated rings. The van der Waals surface area contributed by atoms with Crippen LogP contribution in [0.25, 0.3) is 0 Å². The van der Waals surface area contributed by atoms with E-state index < -0.39 is 0 Å². The van der Waals surface area contributed by atoms with Gasteiger partial charge in [0.1, 0.15) is 5.75 Å². The summed E-state index contributed by atoms with van der Waals surface area (Å²) in [4.78, 5) is 5.03. The summed E-state index contributed by atoms with van der Waals surface area (Å²) in [6.07, 6.45) is 0. The lowest BCUT2D eigenvalue weighted by atomic mass is 10.0. The van der Waals surface area contributed by atoms with Crippen LogP contribution < -0.4 is 10.5 Å². The maximum Gasteiger partial charge on any atom is 0.124 e. The van der Waals surface area contributed by atoms with Crippen molar-refractivity contribution in [1.82, 2.24) is 9.80 Å². The van der Waals surface area contributed by atoms with Gasteiger partial charge in [-0.2, -0.15) is 0 Å². The first kappa shape index (κ1) is 16.3. The van der Waals surface area contributed by atoms with Gasteiger partial charge >= 0.3 is 0 Å². The van der Waals surface area contributed by atoms with Crippen molar-refractivity contribution in [2.45, 2.75) is 32.9 Å². The Morgan fingerprint density at radius 3 is 2.67 bits per heavy atom. The highest BCUT2D eigenvalue weighted by molar-refractivity contribution is 5.36. The molecule has 1 aromatic rings. The molecule has 1 aliphatic heterocycles. The van der Waals surface area contributed by atoms with Gasteiger partial charge in [0.05, 0.1) is 12.6 Å². The van der Waals surface area contributed by atoms with E-state index in [0.717, 1.165) is 31.9 Å². The minimum absolute atomic E-state index is 0.245. The van der Waals surface area contributed by atoms with Gasteiger partial charge in [-0.3, -0.25) is 9.80 Å². The van der Waals surface area contributed by atoms with Crippen LogP contribution in [-0.2, 0) is 0 Å². The van der Waals surface area contributed by atoms with Crippen LogP contribution in [0.3, 0.4) is 0 Å². The average Bonchev–Trinajstić information content (AvgIpc) is 2.50. The first-order valence-corrected chi connectivity index (χ1v) is 8.11. The summed E-state index contributed by atoms with van der Waals surface area (Å²) < 4.78 is 5.79. The Kier molecular flexibility index (Phi) is 6.03. The van der Waals surface area contributed by atoms with Gasteiger partial charge in [0.15, 0.2) is 0 Å². The van der Waals surface area contributed by atoms with Crippen LogP contribution in [0.2, 0.25) is 0 Å². The Morgan fingerprint density at radius 1 is 1.29 bits per heavy atom. The van der Waals surface area contributed by atoms with Crippen LogP contribution in [0.5, 0.6) is 5.75 Å². The maximum atomic E-state index is 6.10. The molecule has 0 bridgehead atoms. The van der Waals surface area contributed by atoms with Gasteiger partial charge in [-0.15, -0.1) is 0 Å². The summed E-state index contributed by atoms with van der Waals surface area (Å²) in [7, 11) is 0. The van der Waals surface area contributed by atoms with Crippen molar-refractivity contribution < 1.29 is 4.74 Å². The normalized spacial score (nSPS) is 22.2. The standard InChI is InChI=1S/C17H29N3O/c1-4-19-10-11-20(13-14(19)3)16(12-18)15-8-6-7-9-17(15)21-5-2/h6-9,14,16H,4-5,10-13,18H2,1-3H3. The monoisotopic (exact) mass is 291 g/mol. The van der Waals surface area contributed by atoms with E-state index in [1.54, 1.807) is 0 Å². The molecule has 2 rings (SSSR count). The zero-order valence-electron chi connectivity index (χ0n) is 13.6. The van der Waals surface area contributed by atoms with Crippen LogP contribution in [-0.4, -0.2) is 55.2 Å². The van der Waals surface area contributed by atoms with Crippen LogP contribution >= 0.6 is 0 Å². The zero-order valence-corrected chi connectivity index (χ0v) is 13.6. The van der Waals surface area contributed by atoms with Gasteiger partial charge in [-0.05, 0) is 26.5 Å². The van der Waals surface area contributed by atoms with Gasteiger partial charge in [-0.25, -0.2) is 0 Å². The van der Waals surface area contributed by atoms with E-state index in [2.05, 4.69) is 35.8 Å². The van der Waals surface area contributed by atoms with E-state index in [-0.39, 0.29) is 6.04 Å². The molecule has 118 valence electrons. The van der Waals surface area contributed by atoms with E-state index in [9.17, 15) is 0 Å². The zero-order chi connectivity index (χ0) is 15.2. The van der Waals surface area contributed by atoms with Crippen molar-refractivity contribution in [3.05, 3.63) is 29.8 Å². The average molecular weight is 291 g/mol. The number of hydrogen-bond acceptors (Lipinski definition) is 4. The molecule has 2 atom stereocenters. The second kappa shape index (κ2) is 7.78. The Bertz CT molecular complexity index is 438. The third-order valence-electron chi connectivity index (χ3n) is 4.44. The second-order valence-corrected chi connectivity index (χ2v) is 5.69.